The van der Waals surface area contributed by atoms with Crippen LogP contribution in [-0.4, -0.2) is 39.3 Å². The Kier molecular flexibility index (Phi) is 6.05. The van der Waals surface area contributed by atoms with Crippen LogP contribution in [0.2, 0.25) is 0 Å². The van der Waals surface area contributed by atoms with Crippen LogP contribution in [0.5, 0.6) is 0 Å². The minimum absolute atomic E-state index is 0.324. The van der Waals surface area contributed by atoms with Gasteiger partial charge in [-0.3, -0.25) is 0 Å². The summed E-state index contributed by atoms with van der Waals surface area (Å²) in [7, 11) is 6.33. The summed E-state index contributed by atoms with van der Waals surface area (Å²) in [6.07, 6.45) is 0.333. The van der Waals surface area contributed by atoms with Gasteiger partial charge in [0.15, 0.2) is 0 Å². The second-order valence-electron chi connectivity index (χ2n) is 1.72. The molecule has 2 nitrogen and oxygen atoms in total. The van der Waals surface area contributed by atoms with E-state index in [1.54, 1.807) is 0 Å². The van der Waals surface area contributed by atoms with Crippen LogP contribution in [0.25, 0.3) is 0 Å². The van der Waals surface area contributed by atoms with Gasteiger partial charge < -0.3 is 0 Å². The average molecular weight is 122 g/mol. The van der Waals surface area contributed by atoms with Crippen molar-refractivity contribution in [3.05, 3.63) is 0 Å². The van der Waals surface area contributed by atoms with Crippen molar-refractivity contribution in [1.29, 1.82) is 0 Å². The van der Waals surface area contributed by atoms with Crippen molar-refractivity contribution in [2.45, 2.75) is 19.4 Å². The van der Waals surface area contributed by atoms with E-state index in [2.05, 4.69) is 0 Å². The monoisotopic (exact) mass is 122 g/mol. The van der Waals surface area contributed by atoms with Crippen LogP contribution in [0.4, 0.5) is 0 Å². The van der Waals surface area contributed by atoms with Crippen molar-refractivity contribution in [2.24, 2.45) is 0 Å². The van der Waals surface area contributed by atoms with Gasteiger partial charge in [0.25, 0.3) is 0 Å². The molecule has 9 heavy (non-hydrogen) atoms. The van der Waals surface area contributed by atoms with Gasteiger partial charge in [-0.15, -0.1) is 0 Å². The molecule has 0 aliphatic carbocycles. The molecule has 0 amide bonds. The van der Waals surface area contributed by atoms with Gasteiger partial charge in [-0.05, 0) is 0 Å². The van der Waals surface area contributed by atoms with Crippen molar-refractivity contribution in [1.82, 2.24) is 0 Å². The van der Waals surface area contributed by atoms with Crippen molar-refractivity contribution in [3.63, 3.8) is 0 Å². The normalized spacial score (nSPS) is 12.2. The number of rotatable bonds is 4. The van der Waals surface area contributed by atoms with Crippen LogP contribution in [0, 0.1) is 0 Å². The summed E-state index contributed by atoms with van der Waals surface area (Å²) in [4.78, 5) is 0. The molecular weight excluding hydrogens is 112 g/mol. The van der Waals surface area contributed by atoms with E-state index < -0.39 is 0 Å². The van der Waals surface area contributed by atoms with E-state index in [-0.39, 0.29) is 6.10 Å². The van der Waals surface area contributed by atoms with Gasteiger partial charge in [0, 0.05) is 0 Å². The van der Waals surface area contributed by atoms with Crippen molar-refractivity contribution in [2.75, 3.05) is 6.61 Å². The fourth-order valence-electron chi connectivity index (χ4n) is 0.340. The van der Waals surface area contributed by atoms with Crippen LogP contribution in [0.1, 0.15) is 13.3 Å². The van der Waals surface area contributed by atoms with E-state index in [9.17, 15) is 0 Å². The summed E-state index contributed by atoms with van der Waals surface area (Å²) >= 11 is 0. The Hall–Kier alpha value is -0.0452. The van der Waals surface area contributed by atoms with E-state index in [1.807, 2.05) is 6.92 Å². The Morgan fingerprint density at radius 2 is 2.44 bits per heavy atom. The molecule has 5 heteroatoms. The molecule has 46 valence electrons. The fraction of sp³-hybridized carbons (Fsp3) is 1.00. The zero-order valence-electron chi connectivity index (χ0n) is 5.58. The molecule has 0 aromatic heterocycles. The number of aliphatic hydroxyl groups excluding tert-OH is 1. The number of hydrogen-bond donors (Lipinski definition) is 1. The molecule has 1 atom stereocenters. The first-order chi connectivity index (χ1) is 4.31. The first-order valence-electron chi connectivity index (χ1n) is 2.97. The molecule has 0 rings (SSSR count). The summed E-state index contributed by atoms with van der Waals surface area (Å²) in [5.41, 5.74) is 0. The Labute approximate surface area is 58.1 Å². The molecule has 0 aliphatic heterocycles. The third-order valence-corrected chi connectivity index (χ3v) is 0.935. The Morgan fingerprint density at radius 1 is 1.78 bits per heavy atom. The third-order valence-electron chi connectivity index (χ3n) is 0.935. The second kappa shape index (κ2) is 6.08. The topological polar surface area (TPSA) is 29.5 Å². The molecule has 1 N–H and O–H groups in total. The van der Waals surface area contributed by atoms with Crippen LogP contribution < -0.4 is 0 Å². The molecule has 0 spiro atoms. The Morgan fingerprint density at radius 3 is 2.89 bits per heavy atom. The average Bonchev–Trinajstić information content (AvgIpc) is 1.89. The summed E-state index contributed by atoms with van der Waals surface area (Å²) in [6, 6.07) is 0. The van der Waals surface area contributed by atoms with Gasteiger partial charge in [0.2, 0.25) is 0 Å². The van der Waals surface area contributed by atoms with Crippen LogP contribution in [0.3, 0.4) is 0 Å². The van der Waals surface area contributed by atoms with Crippen molar-refractivity contribution >= 4 is 21.4 Å². The molecular formula is C4H9B3O2. The standard InChI is InChI=1S/C4H9B3O2/c1-2-4(8)3-9-7-6-5/h4,8H,2-3H2,1H3/t4-/m1/s1. The van der Waals surface area contributed by atoms with Crippen LogP contribution in [0.15, 0.2) is 0 Å². The third kappa shape index (κ3) is 5.83. The van der Waals surface area contributed by atoms with Gasteiger partial charge >= 0.3 is 57.3 Å². The quantitative estimate of drug-likeness (QED) is 0.489. The van der Waals surface area contributed by atoms with E-state index in [0.29, 0.717) is 13.0 Å². The van der Waals surface area contributed by atoms with Gasteiger partial charge in [0.05, 0.1) is 0 Å². The minimum atomic E-state index is -0.374. The Bertz CT molecular complexity index is 85.9. The van der Waals surface area contributed by atoms with Gasteiger partial charge in [-0.1, -0.05) is 0 Å². The molecule has 2 radical (unpaired) electrons. The van der Waals surface area contributed by atoms with Crippen LogP contribution in [-0.2, 0) is 4.65 Å². The molecule has 0 unspecified atom stereocenters. The van der Waals surface area contributed by atoms with Gasteiger partial charge in [0.1, 0.15) is 0 Å². The fourth-order valence-corrected chi connectivity index (χ4v) is 0.340. The molecule has 0 saturated heterocycles. The SMILES string of the molecule is [B]B=BOC[C@H](O)CC. The molecule has 0 saturated carbocycles. The van der Waals surface area contributed by atoms with Crippen LogP contribution >= 0.6 is 0 Å². The summed E-state index contributed by atoms with van der Waals surface area (Å²) in [5, 5.41) is 8.88. The van der Waals surface area contributed by atoms with E-state index in [0.717, 1.165) is 0 Å². The molecule has 0 bridgehead atoms. The maximum absolute atomic E-state index is 8.88. The summed E-state index contributed by atoms with van der Waals surface area (Å²) < 4.78 is 4.78. The zero-order valence-corrected chi connectivity index (χ0v) is 5.58. The second-order valence-corrected chi connectivity index (χ2v) is 1.72. The summed E-state index contributed by atoms with van der Waals surface area (Å²) in [6.45, 7) is 3.51. The van der Waals surface area contributed by atoms with Gasteiger partial charge in [-0.25, -0.2) is 0 Å². The number of aliphatic hydroxyl groups is 1. The van der Waals surface area contributed by atoms with E-state index >= 15 is 0 Å². The predicted molar refractivity (Wildman–Crippen MR) is 39.5 cm³/mol. The van der Waals surface area contributed by atoms with Crippen molar-refractivity contribution in [3.8, 4) is 0 Å². The first kappa shape index (κ1) is 8.95. The predicted octanol–water partition coefficient (Wildman–Crippen LogP) is -0.904. The molecule has 0 aromatic rings. The first-order valence-corrected chi connectivity index (χ1v) is 2.97. The van der Waals surface area contributed by atoms with Gasteiger partial charge in [-0.2, -0.15) is 0 Å². The number of hydrogen-bond acceptors (Lipinski definition) is 2. The van der Waals surface area contributed by atoms with Crippen molar-refractivity contribution < 1.29 is 9.76 Å². The Balaban J connectivity index is 3.06. The molecule has 0 aliphatic rings. The molecule has 0 aromatic carbocycles. The maximum atomic E-state index is 8.88. The zero-order chi connectivity index (χ0) is 7.11. The molecule has 0 fully saturated rings. The van der Waals surface area contributed by atoms with E-state index in [4.69, 9.17) is 17.5 Å². The summed E-state index contributed by atoms with van der Waals surface area (Å²) in [5.74, 6) is 0. The van der Waals surface area contributed by atoms with E-state index in [1.165, 1.54) is 13.7 Å². The molecule has 0 heterocycles.